The SMILES string of the molecule is CCNC(=O)[C@@H](CC)N(Cc1ccc(Cl)c(Cl)c1)C(=O)CCCN(c1ccccc1C)S(C)(=O)=O. The van der Waals surface area contributed by atoms with Gasteiger partial charge in [0, 0.05) is 26.1 Å². The number of aryl methyl sites for hydroxylation is 1. The Bertz CT molecular complexity index is 1140. The zero-order valence-corrected chi connectivity index (χ0v) is 22.9. The minimum absolute atomic E-state index is 0.0785. The van der Waals surface area contributed by atoms with Crippen LogP contribution in [-0.2, 0) is 26.2 Å². The molecule has 0 aromatic heterocycles. The number of nitrogens with one attached hydrogen (secondary N) is 1. The highest BCUT2D eigenvalue weighted by molar-refractivity contribution is 7.92. The molecule has 0 saturated heterocycles. The lowest BCUT2D eigenvalue weighted by molar-refractivity contribution is -0.141. The third-order valence-corrected chi connectivity index (χ3v) is 7.53. The van der Waals surface area contributed by atoms with E-state index in [2.05, 4.69) is 5.32 Å². The first-order valence-corrected chi connectivity index (χ1v) is 14.1. The molecule has 192 valence electrons. The first kappa shape index (κ1) is 28.9. The predicted molar refractivity (Wildman–Crippen MR) is 142 cm³/mol. The quantitative estimate of drug-likeness (QED) is 0.418. The minimum Gasteiger partial charge on any atom is -0.355 e. The van der Waals surface area contributed by atoms with Gasteiger partial charge in [-0.3, -0.25) is 13.9 Å². The Labute approximate surface area is 218 Å². The molecule has 7 nitrogen and oxygen atoms in total. The van der Waals surface area contributed by atoms with E-state index in [-0.39, 0.29) is 31.3 Å². The highest BCUT2D eigenvalue weighted by Gasteiger charge is 2.28. The van der Waals surface area contributed by atoms with Gasteiger partial charge in [0.15, 0.2) is 0 Å². The van der Waals surface area contributed by atoms with Gasteiger partial charge in [0.2, 0.25) is 21.8 Å². The lowest BCUT2D eigenvalue weighted by atomic mass is 10.1. The Morgan fingerprint density at radius 2 is 1.74 bits per heavy atom. The number of carbonyl (C=O) groups excluding carboxylic acids is 2. The molecule has 0 unspecified atom stereocenters. The number of hydrogen-bond acceptors (Lipinski definition) is 4. The van der Waals surface area contributed by atoms with Crippen LogP contribution in [-0.4, -0.2) is 50.5 Å². The van der Waals surface area contributed by atoms with Crippen LogP contribution in [0, 0.1) is 6.92 Å². The van der Waals surface area contributed by atoms with Gasteiger partial charge in [-0.2, -0.15) is 0 Å². The van der Waals surface area contributed by atoms with E-state index in [1.54, 1.807) is 30.3 Å². The van der Waals surface area contributed by atoms with Gasteiger partial charge in [-0.15, -0.1) is 0 Å². The number of rotatable bonds is 12. The lowest BCUT2D eigenvalue weighted by Crippen LogP contribution is -2.49. The molecule has 0 fully saturated rings. The predicted octanol–water partition coefficient (Wildman–Crippen LogP) is 4.79. The average Bonchev–Trinajstić information content (AvgIpc) is 2.79. The van der Waals surface area contributed by atoms with E-state index in [0.29, 0.717) is 35.1 Å². The Morgan fingerprint density at radius 3 is 2.31 bits per heavy atom. The van der Waals surface area contributed by atoms with Crippen LogP contribution in [0.5, 0.6) is 0 Å². The highest BCUT2D eigenvalue weighted by atomic mass is 35.5. The van der Waals surface area contributed by atoms with E-state index in [9.17, 15) is 18.0 Å². The van der Waals surface area contributed by atoms with E-state index in [4.69, 9.17) is 23.2 Å². The smallest absolute Gasteiger partial charge is 0.242 e. The van der Waals surface area contributed by atoms with Crippen LogP contribution in [0.15, 0.2) is 42.5 Å². The van der Waals surface area contributed by atoms with E-state index in [1.165, 1.54) is 9.21 Å². The van der Waals surface area contributed by atoms with Crippen LogP contribution >= 0.6 is 23.2 Å². The molecule has 2 aromatic rings. The average molecular weight is 543 g/mol. The molecule has 0 heterocycles. The van der Waals surface area contributed by atoms with Crippen molar-refractivity contribution in [2.24, 2.45) is 0 Å². The summed E-state index contributed by atoms with van der Waals surface area (Å²) in [5.74, 6) is -0.478. The van der Waals surface area contributed by atoms with Crippen LogP contribution < -0.4 is 9.62 Å². The largest absolute Gasteiger partial charge is 0.355 e. The van der Waals surface area contributed by atoms with Gasteiger partial charge in [-0.25, -0.2) is 8.42 Å². The zero-order chi connectivity index (χ0) is 26.2. The van der Waals surface area contributed by atoms with Gasteiger partial charge in [0.05, 0.1) is 22.0 Å². The normalized spacial score (nSPS) is 12.2. The number of nitrogens with zero attached hydrogens (tertiary/aromatic N) is 2. The summed E-state index contributed by atoms with van der Waals surface area (Å²) in [4.78, 5) is 27.6. The number of sulfonamides is 1. The van der Waals surface area contributed by atoms with Crippen LogP contribution in [0.1, 0.15) is 44.2 Å². The number of anilines is 1. The molecule has 1 atom stereocenters. The maximum absolute atomic E-state index is 13.4. The minimum atomic E-state index is -3.54. The number of hydrogen-bond donors (Lipinski definition) is 1. The molecule has 0 aliphatic heterocycles. The first-order chi connectivity index (χ1) is 16.5. The third-order valence-electron chi connectivity index (χ3n) is 5.61. The molecule has 0 radical (unpaired) electrons. The number of amides is 2. The number of halogens is 2. The summed E-state index contributed by atoms with van der Waals surface area (Å²) in [6, 6.07) is 11.6. The van der Waals surface area contributed by atoms with Crippen LogP contribution in [0.2, 0.25) is 10.0 Å². The topological polar surface area (TPSA) is 86.8 Å². The third kappa shape index (κ3) is 8.12. The molecule has 2 rings (SSSR count). The van der Waals surface area contributed by atoms with Crippen molar-refractivity contribution in [2.75, 3.05) is 23.7 Å². The van der Waals surface area contributed by atoms with E-state index in [1.807, 2.05) is 32.9 Å². The fourth-order valence-electron chi connectivity index (χ4n) is 3.87. The molecule has 10 heteroatoms. The number of likely N-dealkylation sites (N-methyl/N-ethyl adjacent to an activating group) is 1. The van der Waals surface area contributed by atoms with Crippen LogP contribution in [0.4, 0.5) is 5.69 Å². The lowest BCUT2D eigenvalue weighted by Gasteiger charge is -2.31. The van der Waals surface area contributed by atoms with Crippen LogP contribution in [0.25, 0.3) is 0 Å². The van der Waals surface area contributed by atoms with E-state index in [0.717, 1.165) is 17.4 Å². The van der Waals surface area contributed by atoms with Crippen LogP contribution in [0.3, 0.4) is 0 Å². The molecule has 0 spiro atoms. The molecule has 1 N–H and O–H groups in total. The maximum Gasteiger partial charge on any atom is 0.242 e. The molecular formula is C25H33Cl2N3O4S. The van der Waals surface area contributed by atoms with Gasteiger partial charge in [-0.05, 0) is 56.0 Å². The summed E-state index contributed by atoms with van der Waals surface area (Å²) < 4.78 is 26.2. The second-order valence-corrected chi connectivity index (χ2v) is 11.0. The fraction of sp³-hybridized carbons (Fsp3) is 0.440. The Morgan fingerprint density at radius 1 is 1.06 bits per heavy atom. The summed E-state index contributed by atoms with van der Waals surface area (Å²) in [5.41, 5.74) is 2.16. The van der Waals surface area contributed by atoms with Crippen molar-refractivity contribution < 1.29 is 18.0 Å². The summed E-state index contributed by atoms with van der Waals surface area (Å²) in [6.45, 7) is 6.28. The van der Waals surface area contributed by atoms with Crippen molar-refractivity contribution >= 4 is 50.7 Å². The van der Waals surface area contributed by atoms with Crippen molar-refractivity contribution in [3.63, 3.8) is 0 Å². The Kier molecular flexibility index (Phi) is 10.9. The van der Waals surface area contributed by atoms with Gasteiger partial charge < -0.3 is 10.2 Å². The van der Waals surface area contributed by atoms with Crippen molar-refractivity contribution in [3.8, 4) is 0 Å². The first-order valence-electron chi connectivity index (χ1n) is 11.5. The molecule has 0 saturated carbocycles. The summed E-state index contributed by atoms with van der Waals surface area (Å²) in [5, 5.41) is 3.56. The maximum atomic E-state index is 13.4. The van der Waals surface area contributed by atoms with E-state index < -0.39 is 16.1 Å². The zero-order valence-electron chi connectivity index (χ0n) is 20.6. The monoisotopic (exact) mass is 541 g/mol. The Balaban J connectivity index is 2.24. The summed E-state index contributed by atoms with van der Waals surface area (Å²) in [7, 11) is -3.54. The van der Waals surface area contributed by atoms with Gasteiger partial charge in [-0.1, -0.05) is 54.4 Å². The molecule has 2 amide bonds. The van der Waals surface area contributed by atoms with E-state index >= 15 is 0 Å². The van der Waals surface area contributed by atoms with Gasteiger partial charge >= 0.3 is 0 Å². The number of carbonyl (C=O) groups is 2. The molecule has 0 aliphatic rings. The molecule has 0 bridgehead atoms. The molecular weight excluding hydrogens is 509 g/mol. The second kappa shape index (κ2) is 13.1. The molecule has 2 aromatic carbocycles. The van der Waals surface area contributed by atoms with Crippen molar-refractivity contribution in [3.05, 3.63) is 63.6 Å². The molecule has 35 heavy (non-hydrogen) atoms. The standard InChI is InChI=1S/C25H33Cl2N3O4S/c1-5-22(25(32)28-6-2)29(17-19-13-14-20(26)21(27)16-19)24(31)12-9-15-30(35(4,33)34)23-11-8-7-10-18(23)3/h7-8,10-11,13-14,16,22H,5-6,9,12,15,17H2,1-4H3,(H,28,32)/t22-/m1/s1. The highest BCUT2D eigenvalue weighted by Crippen LogP contribution is 2.25. The van der Waals surface area contributed by atoms with Crippen molar-refractivity contribution in [2.45, 2.75) is 52.6 Å². The molecule has 0 aliphatic carbocycles. The number of para-hydroxylation sites is 1. The second-order valence-electron chi connectivity index (χ2n) is 8.31. The van der Waals surface area contributed by atoms with Gasteiger partial charge in [0.1, 0.15) is 6.04 Å². The fourth-order valence-corrected chi connectivity index (χ4v) is 5.22. The van der Waals surface area contributed by atoms with Crippen molar-refractivity contribution in [1.29, 1.82) is 0 Å². The van der Waals surface area contributed by atoms with Crippen molar-refractivity contribution in [1.82, 2.24) is 10.2 Å². The summed E-state index contributed by atoms with van der Waals surface area (Å²) in [6.07, 6.45) is 1.96. The Hall–Kier alpha value is -2.29. The number of benzene rings is 2. The summed E-state index contributed by atoms with van der Waals surface area (Å²) >= 11 is 12.2. The van der Waals surface area contributed by atoms with Gasteiger partial charge in [0.25, 0.3) is 0 Å².